The van der Waals surface area contributed by atoms with Crippen molar-refractivity contribution in [3.8, 4) is 0 Å². The molecule has 2 N–H and O–H groups in total. The van der Waals surface area contributed by atoms with E-state index < -0.39 is 23.3 Å². The third-order valence-corrected chi connectivity index (χ3v) is 3.47. The maximum atomic E-state index is 12.7. The van der Waals surface area contributed by atoms with Gasteiger partial charge in [-0.1, -0.05) is 18.2 Å². The van der Waals surface area contributed by atoms with Crippen molar-refractivity contribution in [2.45, 2.75) is 12.6 Å². The van der Waals surface area contributed by atoms with Gasteiger partial charge in [0.25, 0.3) is 0 Å². The highest BCUT2D eigenvalue weighted by atomic mass is 19.4. The van der Waals surface area contributed by atoms with Gasteiger partial charge in [0, 0.05) is 12.5 Å². The van der Waals surface area contributed by atoms with Crippen LogP contribution in [0.1, 0.15) is 33.1 Å². The van der Waals surface area contributed by atoms with Crippen LogP contribution in [0.3, 0.4) is 0 Å². The number of hydrogen-bond donors (Lipinski definition) is 2. The van der Waals surface area contributed by atoms with Crippen LogP contribution in [0, 0.1) is 0 Å². The molecule has 2 aromatic heterocycles. The lowest BCUT2D eigenvalue weighted by atomic mass is 10.0. The fourth-order valence-electron chi connectivity index (χ4n) is 2.28. The van der Waals surface area contributed by atoms with E-state index in [1.165, 1.54) is 24.7 Å². The molecule has 0 fully saturated rings. The predicted molar refractivity (Wildman–Crippen MR) is 84.3 cm³/mol. The molecule has 0 aliphatic heterocycles. The topological polar surface area (TPSA) is 92.0 Å². The van der Waals surface area contributed by atoms with Gasteiger partial charge in [0.15, 0.2) is 11.5 Å². The van der Waals surface area contributed by atoms with E-state index >= 15 is 0 Å². The van der Waals surface area contributed by atoms with E-state index in [4.69, 9.17) is 4.42 Å². The molecule has 26 heavy (non-hydrogen) atoms. The van der Waals surface area contributed by atoms with Gasteiger partial charge in [-0.05, 0) is 23.3 Å². The second-order valence-corrected chi connectivity index (χ2v) is 5.41. The summed E-state index contributed by atoms with van der Waals surface area (Å²) in [6, 6.07) is 6.32. The number of alkyl halides is 3. The number of H-pyrrole nitrogens is 1. The summed E-state index contributed by atoms with van der Waals surface area (Å²) in [5, 5.41) is 15.8. The number of carbonyl (C=O) groups is 1. The fourth-order valence-corrected chi connectivity index (χ4v) is 2.28. The number of carbonyl (C=O) groups excluding carboxylic acids is 1. The number of hydrogen-bond acceptors (Lipinski definition) is 5. The van der Waals surface area contributed by atoms with Gasteiger partial charge in [0.05, 0.1) is 11.8 Å². The molecule has 3 rings (SSSR count). The third-order valence-electron chi connectivity index (χ3n) is 3.47. The highest BCUT2D eigenvalue weighted by molar-refractivity contribution is 6.05. The summed E-state index contributed by atoms with van der Waals surface area (Å²) in [4.78, 5) is 15.7. The van der Waals surface area contributed by atoms with Crippen LogP contribution in [-0.2, 0) is 12.6 Å². The Bertz CT molecular complexity index is 944. The number of rotatable bonds is 5. The maximum absolute atomic E-state index is 12.7. The Labute approximate surface area is 145 Å². The quantitative estimate of drug-likeness (QED) is 0.409. The number of halogens is 3. The Kier molecular flexibility index (Phi) is 4.61. The van der Waals surface area contributed by atoms with Crippen LogP contribution in [0.5, 0.6) is 0 Å². The zero-order valence-electron chi connectivity index (χ0n) is 13.1. The van der Waals surface area contributed by atoms with Gasteiger partial charge < -0.3 is 9.52 Å². The number of nitrogens with zero attached hydrogens (tertiary/aromatic N) is 2. The first-order valence-electron chi connectivity index (χ1n) is 7.37. The first-order chi connectivity index (χ1) is 12.3. The molecule has 0 aliphatic rings. The fraction of sp³-hybridized carbons (Fsp3) is 0.118. The molecule has 0 saturated heterocycles. The summed E-state index contributed by atoms with van der Waals surface area (Å²) < 4.78 is 43.4. The Morgan fingerprint density at radius 2 is 2.08 bits per heavy atom. The van der Waals surface area contributed by atoms with Crippen molar-refractivity contribution in [2.24, 2.45) is 0 Å². The van der Waals surface area contributed by atoms with Gasteiger partial charge >= 0.3 is 6.18 Å². The summed E-state index contributed by atoms with van der Waals surface area (Å²) >= 11 is 0. The van der Waals surface area contributed by atoms with Crippen molar-refractivity contribution in [3.05, 3.63) is 77.3 Å². The first-order valence-corrected chi connectivity index (χ1v) is 7.37. The van der Waals surface area contributed by atoms with E-state index in [0.717, 1.165) is 18.2 Å². The average Bonchev–Trinajstić information content (AvgIpc) is 3.26. The average molecular weight is 363 g/mol. The standard InChI is InChI=1S/C17H12F3N3O3/c18-17(19,20)12-3-1-2-10(5-12)4-11-6-15(26-8-11)13(24)7-14(25)16-21-9-22-23-16/h1-3,5-9,25H,4H2,(H,21,22,23). The van der Waals surface area contributed by atoms with Crippen LogP contribution in [0.2, 0.25) is 0 Å². The molecule has 0 unspecified atom stereocenters. The number of benzene rings is 1. The second-order valence-electron chi connectivity index (χ2n) is 5.41. The number of aliphatic hydroxyl groups excluding tert-OH is 1. The predicted octanol–water partition coefficient (Wildman–Crippen LogP) is 3.79. The molecular weight excluding hydrogens is 351 g/mol. The zero-order valence-corrected chi connectivity index (χ0v) is 13.1. The Hall–Kier alpha value is -3.36. The summed E-state index contributed by atoms with van der Waals surface area (Å²) in [5.74, 6) is -1.17. The number of furan rings is 1. The number of aromatic amines is 1. The van der Waals surface area contributed by atoms with Crippen LogP contribution in [0.15, 0.2) is 53.4 Å². The normalized spacial score (nSPS) is 12.3. The molecule has 0 atom stereocenters. The summed E-state index contributed by atoms with van der Waals surface area (Å²) in [6.07, 6.45) is -0.835. The van der Waals surface area contributed by atoms with Crippen molar-refractivity contribution in [1.29, 1.82) is 0 Å². The van der Waals surface area contributed by atoms with Crippen LogP contribution >= 0.6 is 0 Å². The van der Waals surface area contributed by atoms with E-state index in [1.54, 1.807) is 6.07 Å². The molecule has 2 heterocycles. The molecule has 0 amide bonds. The third kappa shape index (κ3) is 4.00. The molecule has 1 aromatic carbocycles. The summed E-state index contributed by atoms with van der Waals surface area (Å²) in [6.45, 7) is 0. The van der Waals surface area contributed by atoms with Crippen LogP contribution in [0.25, 0.3) is 5.76 Å². The minimum atomic E-state index is -4.42. The molecular formula is C17H12F3N3O3. The molecule has 0 radical (unpaired) electrons. The number of ketones is 1. The summed E-state index contributed by atoms with van der Waals surface area (Å²) in [5.41, 5.74) is 0.214. The molecule has 3 aromatic rings. The van der Waals surface area contributed by atoms with E-state index in [2.05, 4.69) is 15.2 Å². The van der Waals surface area contributed by atoms with Crippen molar-refractivity contribution in [1.82, 2.24) is 15.2 Å². The minimum Gasteiger partial charge on any atom is -0.504 e. The van der Waals surface area contributed by atoms with Crippen molar-refractivity contribution >= 4 is 11.5 Å². The largest absolute Gasteiger partial charge is 0.504 e. The first kappa shape index (κ1) is 17.5. The van der Waals surface area contributed by atoms with E-state index in [9.17, 15) is 23.1 Å². The number of aliphatic hydroxyl groups is 1. The van der Waals surface area contributed by atoms with Gasteiger partial charge in [-0.15, -0.1) is 0 Å². The Balaban J connectivity index is 1.74. The highest BCUT2D eigenvalue weighted by Gasteiger charge is 2.30. The molecule has 0 saturated carbocycles. The molecule has 6 nitrogen and oxygen atoms in total. The lowest BCUT2D eigenvalue weighted by Gasteiger charge is -2.07. The van der Waals surface area contributed by atoms with E-state index in [-0.39, 0.29) is 18.0 Å². The smallest absolute Gasteiger partial charge is 0.416 e. The number of nitrogens with one attached hydrogen (secondary N) is 1. The number of allylic oxidation sites excluding steroid dienone is 1. The monoisotopic (exact) mass is 363 g/mol. The Morgan fingerprint density at radius 3 is 2.77 bits per heavy atom. The molecule has 0 spiro atoms. The molecule has 9 heteroatoms. The number of aromatic nitrogens is 3. The maximum Gasteiger partial charge on any atom is 0.416 e. The minimum absolute atomic E-state index is 0.0471. The van der Waals surface area contributed by atoms with Gasteiger partial charge in [-0.25, -0.2) is 4.98 Å². The molecule has 0 aliphatic carbocycles. The zero-order chi connectivity index (χ0) is 18.7. The van der Waals surface area contributed by atoms with Crippen molar-refractivity contribution in [2.75, 3.05) is 0 Å². The lowest BCUT2D eigenvalue weighted by molar-refractivity contribution is -0.137. The van der Waals surface area contributed by atoms with Crippen LogP contribution in [-0.4, -0.2) is 26.1 Å². The van der Waals surface area contributed by atoms with Gasteiger partial charge in [-0.2, -0.15) is 18.3 Å². The van der Waals surface area contributed by atoms with E-state index in [0.29, 0.717) is 11.1 Å². The lowest BCUT2D eigenvalue weighted by Crippen LogP contribution is -2.05. The van der Waals surface area contributed by atoms with Gasteiger partial charge in [0.1, 0.15) is 6.33 Å². The molecule has 134 valence electrons. The summed E-state index contributed by atoms with van der Waals surface area (Å²) in [7, 11) is 0. The van der Waals surface area contributed by atoms with E-state index in [1.807, 2.05) is 0 Å². The molecule has 0 bridgehead atoms. The van der Waals surface area contributed by atoms with Crippen molar-refractivity contribution in [3.63, 3.8) is 0 Å². The Morgan fingerprint density at radius 1 is 1.27 bits per heavy atom. The van der Waals surface area contributed by atoms with Crippen LogP contribution in [0.4, 0.5) is 13.2 Å². The van der Waals surface area contributed by atoms with Crippen LogP contribution < -0.4 is 0 Å². The second kappa shape index (κ2) is 6.87. The highest BCUT2D eigenvalue weighted by Crippen LogP contribution is 2.30. The van der Waals surface area contributed by atoms with Gasteiger partial charge in [0.2, 0.25) is 11.6 Å². The SMILES string of the molecule is O=C(C=C(O)c1nc[nH]n1)c1cc(Cc2cccc(C(F)(F)F)c2)co1. The van der Waals surface area contributed by atoms with Gasteiger partial charge in [-0.3, -0.25) is 9.89 Å². The van der Waals surface area contributed by atoms with Crippen molar-refractivity contribution < 1.29 is 27.5 Å².